The second-order valence-corrected chi connectivity index (χ2v) is 5.89. The second kappa shape index (κ2) is 6.61. The van der Waals surface area contributed by atoms with Crippen LogP contribution in [0, 0.1) is 11.3 Å². The van der Waals surface area contributed by atoms with Gasteiger partial charge in [0.15, 0.2) is 5.65 Å². The minimum atomic E-state index is -0.229. The van der Waals surface area contributed by atoms with Gasteiger partial charge in [-0.1, -0.05) is 12.1 Å². The van der Waals surface area contributed by atoms with Crippen LogP contribution in [0.5, 0.6) is 0 Å². The van der Waals surface area contributed by atoms with Crippen LogP contribution in [0.2, 0.25) is 0 Å². The Morgan fingerprint density at radius 3 is 2.60 bits per heavy atom. The molecule has 3 aromatic rings. The molecule has 2 aromatic heterocycles. The fraction of sp³-hybridized carbons (Fsp3) is 0.222. The van der Waals surface area contributed by atoms with Crippen LogP contribution in [-0.2, 0) is 0 Å². The fourth-order valence-electron chi connectivity index (χ4n) is 2.50. The van der Waals surface area contributed by atoms with Crippen molar-refractivity contribution in [2.45, 2.75) is 19.9 Å². The molecule has 0 aliphatic rings. The van der Waals surface area contributed by atoms with Crippen LogP contribution in [0.3, 0.4) is 0 Å². The Hall–Kier alpha value is -3.40. The molecule has 0 unspecified atom stereocenters. The molecule has 1 aromatic carbocycles. The van der Waals surface area contributed by atoms with Gasteiger partial charge in [-0.05, 0) is 26.0 Å². The molecule has 0 saturated carbocycles. The molecule has 3 rings (SSSR count). The summed E-state index contributed by atoms with van der Waals surface area (Å²) in [6, 6.07) is 11.2. The Labute approximate surface area is 145 Å². The van der Waals surface area contributed by atoms with Crippen molar-refractivity contribution in [3.8, 4) is 17.3 Å². The summed E-state index contributed by atoms with van der Waals surface area (Å²) in [5.74, 6) is 0.368. The summed E-state index contributed by atoms with van der Waals surface area (Å²) < 4.78 is 1.64. The van der Waals surface area contributed by atoms with Crippen molar-refractivity contribution in [1.29, 1.82) is 5.26 Å². The molecule has 2 N–H and O–H groups in total. The summed E-state index contributed by atoms with van der Waals surface area (Å²) in [7, 11) is 1.58. The molecule has 126 valence electrons. The lowest BCUT2D eigenvalue weighted by atomic mass is 10.1. The second-order valence-electron chi connectivity index (χ2n) is 5.89. The van der Waals surface area contributed by atoms with Crippen molar-refractivity contribution < 1.29 is 4.79 Å². The monoisotopic (exact) mass is 334 g/mol. The van der Waals surface area contributed by atoms with Crippen molar-refractivity contribution in [2.75, 3.05) is 12.4 Å². The van der Waals surface area contributed by atoms with Crippen LogP contribution in [-0.4, -0.2) is 33.6 Å². The topological polar surface area (TPSA) is 95.1 Å². The van der Waals surface area contributed by atoms with Gasteiger partial charge in [0, 0.05) is 30.9 Å². The lowest BCUT2D eigenvalue weighted by Gasteiger charge is -2.14. The first-order valence-electron chi connectivity index (χ1n) is 7.91. The molecule has 0 aliphatic heterocycles. The largest absolute Gasteiger partial charge is 0.367 e. The third-order valence-corrected chi connectivity index (χ3v) is 3.69. The van der Waals surface area contributed by atoms with E-state index in [1.54, 1.807) is 29.9 Å². The van der Waals surface area contributed by atoms with Crippen LogP contribution in [0.4, 0.5) is 5.82 Å². The van der Waals surface area contributed by atoms with Crippen LogP contribution < -0.4 is 10.6 Å². The SMILES string of the molecule is CNC(=O)c1cnc2cc(-c3ccc(C#N)cc3)nn2c1NC(C)C. The average molecular weight is 334 g/mol. The van der Waals surface area contributed by atoms with Crippen molar-refractivity contribution >= 4 is 17.4 Å². The molecule has 7 nitrogen and oxygen atoms in total. The van der Waals surface area contributed by atoms with Crippen molar-refractivity contribution in [1.82, 2.24) is 19.9 Å². The highest BCUT2D eigenvalue weighted by Crippen LogP contribution is 2.24. The zero-order valence-corrected chi connectivity index (χ0v) is 14.2. The van der Waals surface area contributed by atoms with E-state index in [2.05, 4.69) is 26.8 Å². The first-order valence-corrected chi connectivity index (χ1v) is 7.91. The van der Waals surface area contributed by atoms with Gasteiger partial charge in [0.1, 0.15) is 11.4 Å². The predicted octanol–water partition coefficient (Wildman–Crippen LogP) is 2.45. The summed E-state index contributed by atoms with van der Waals surface area (Å²) in [6.07, 6.45) is 1.54. The number of hydrogen-bond donors (Lipinski definition) is 2. The molecule has 0 atom stereocenters. The highest BCUT2D eigenvalue weighted by atomic mass is 16.1. The Kier molecular flexibility index (Phi) is 4.35. The van der Waals surface area contributed by atoms with Crippen LogP contribution in [0.15, 0.2) is 36.5 Å². The summed E-state index contributed by atoms with van der Waals surface area (Å²) in [5, 5.41) is 19.4. The number of nitrogens with zero attached hydrogens (tertiary/aromatic N) is 4. The van der Waals surface area contributed by atoms with E-state index in [1.807, 2.05) is 32.0 Å². The normalized spacial score (nSPS) is 10.7. The summed E-state index contributed by atoms with van der Waals surface area (Å²) >= 11 is 0. The number of nitrogens with one attached hydrogen (secondary N) is 2. The van der Waals surface area contributed by atoms with Gasteiger partial charge in [0.25, 0.3) is 5.91 Å². The van der Waals surface area contributed by atoms with Crippen LogP contribution in [0.25, 0.3) is 16.9 Å². The van der Waals surface area contributed by atoms with E-state index in [0.29, 0.717) is 22.6 Å². The maximum atomic E-state index is 12.1. The zero-order valence-electron chi connectivity index (χ0n) is 14.2. The number of hydrogen-bond acceptors (Lipinski definition) is 5. The molecule has 7 heteroatoms. The molecule has 0 fully saturated rings. The smallest absolute Gasteiger partial charge is 0.256 e. The molecule has 2 heterocycles. The third kappa shape index (κ3) is 3.15. The Balaban J connectivity index is 2.15. The number of aromatic nitrogens is 3. The van der Waals surface area contributed by atoms with Gasteiger partial charge >= 0.3 is 0 Å². The number of benzene rings is 1. The lowest BCUT2D eigenvalue weighted by Crippen LogP contribution is -2.23. The molecule has 0 saturated heterocycles. The number of amides is 1. The lowest BCUT2D eigenvalue weighted by molar-refractivity contribution is 0.0963. The van der Waals surface area contributed by atoms with E-state index >= 15 is 0 Å². The highest BCUT2D eigenvalue weighted by molar-refractivity contribution is 5.98. The van der Waals surface area contributed by atoms with Crippen molar-refractivity contribution in [3.63, 3.8) is 0 Å². The van der Waals surface area contributed by atoms with Crippen molar-refractivity contribution in [2.24, 2.45) is 0 Å². The quantitative estimate of drug-likeness (QED) is 0.764. The number of carbonyl (C=O) groups excluding carboxylic acids is 1. The number of fused-ring (bicyclic) bond motifs is 1. The van der Waals surface area contributed by atoms with Crippen molar-refractivity contribution in [3.05, 3.63) is 47.7 Å². The standard InChI is InChI=1S/C18H18N6O/c1-11(2)22-17-14(18(25)20-3)10-21-16-8-15(23-24(16)17)13-6-4-12(9-19)5-7-13/h4-8,10-11,22H,1-3H3,(H,20,25). The number of carbonyl (C=O) groups is 1. The number of rotatable bonds is 4. The first-order chi connectivity index (χ1) is 12.0. The van der Waals surface area contributed by atoms with Gasteiger partial charge in [-0.2, -0.15) is 14.9 Å². The van der Waals surface area contributed by atoms with Crippen LogP contribution >= 0.6 is 0 Å². The summed E-state index contributed by atoms with van der Waals surface area (Å²) in [5.41, 5.74) is 3.25. The molecule has 0 radical (unpaired) electrons. The molecular formula is C18H18N6O. The van der Waals surface area contributed by atoms with E-state index in [0.717, 1.165) is 11.3 Å². The van der Waals surface area contributed by atoms with E-state index in [-0.39, 0.29) is 11.9 Å². The first kappa shape index (κ1) is 16.5. The maximum absolute atomic E-state index is 12.1. The van der Waals surface area contributed by atoms with Gasteiger partial charge in [-0.25, -0.2) is 4.98 Å². The molecule has 0 bridgehead atoms. The van der Waals surface area contributed by atoms with E-state index in [4.69, 9.17) is 5.26 Å². The zero-order chi connectivity index (χ0) is 18.0. The number of nitriles is 1. The Morgan fingerprint density at radius 1 is 1.28 bits per heavy atom. The number of anilines is 1. The average Bonchev–Trinajstić information content (AvgIpc) is 3.05. The van der Waals surface area contributed by atoms with Gasteiger partial charge in [0.05, 0.1) is 17.3 Å². The third-order valence-electron chi connectivity index (χ3n) is 3.69. The Bertz CT molecular complexity index is 966. The maximum Gasteiger partial charge on any atom is 0.256 e. The minimum Gasteiger partial charge on any atom is -0.367 e. The predicted molar refractivity (Wildman–Crippen MR) is 95.3 cm³/mol. The van der Waals surface area contributed by atoms with Gasteiger partial charge in [-0.15, -0.1) is 0 Å². The summed E-state index contributed by atoms with van der Waals surface area (Å²) in [6.45, 7) is 3.98. The van der Waals surface area contributed by atoms with Crippen LogP contribution in [0.1, 0.15) is 29.8 Å². The molecule has 25 heavy (non-hydrogen) atoms. The summed E-state index contributed by atoms with van der Waals surface area (Å²) in [4.78, 5) is 16.5. The van der Waals surface area contributed by atoms with E-state index in [9.17, 15) is 4.79 Å². The fourth-order valence-corrected chi connectivity index (χ4v) is 2.50. The van der Waals surface area contributed by atoms with Gasteiger partial charge in [0.2, 0.25) is 0 Å². The molecule has 0 aliphatic carbocycles. The minimum absolute atomic E-state index is 0.122. The Morgan fingerprint density at radius 2 is 2.00 bits per heavy atom. The molecular weight excluding hydrogens is 316 g/mol. The van der Waals surface area contributed by atoms with E-state index < -0.39 is 0 Å². The van der Waals surface area contributed by atoms with E-state index in [1.165, 1.54) is 0 Å². The van der Waals surface area contributed by atoms with Gasteiger partial charge in [-0.3, -0.25) is 4.79 Å². The molecule has 0 spiro atoms. The van der Waals surface area contributed by atoms with Gasteiger partial charge < -0.3 is 10.6 Å². The molecule has 1 amide bonds. The highest BCUT2D eigenvalue weighted by Gasteiger charge is 2.17.